The largest absolute Gasteiger partial charge is 0.508 e. The van der Waals surface area contributed by atoms with Gasteiger partial charge in [-0.05, 0) is 29.2 Å². The first kappa shape index (κ1) is 18.8. The lowest BCUT2D eigenvalue weighted by Crippen LogP contribution is -2.18. The van der Waals surface area contributed by atoms with E-state index in [4.69, 9.17) is 0 Å². The smallest absolute Gasteiger partial charge is 0.418 e. The molecule has 0 radical (unpaired) electrons. The van der Waals surface area contributed by atoms with Gasteiger partial charge in [-0.3, -0.25) is 4.79 Å². The van der Waals surface area contributed by atoms with E-state index < -0.39 is 22.6 Å². The number of phenolic OH excluding ortho intramolecular Hbond substituents is 2. The zero-order valence-corrected chi connectivity index (χ0v) is 14.9. The summed E-state index contributed by atoms with van der Waals surface area (Å²) in [6.45, 7) is 5.11. The van der Waals surface area contributed by atoms with Gasteiger partial charge in [0.15, 0.2) is 5.43 Å². The molecule has 2 N–H and O–H groups in total. The van der Waals surface area contributed by atoms with E-state index >= 15 is 0 Å². The van der Waals surface area contributed by atoms with Crippen LogP contribution in [0.25, 0.3) is 16.6 Å². The first-order valence-electron chi connectivity index (χ1n) is 8.19. The Morgan fingerprint density at radius 1 is 0.926 bits per heavy atom. The molecule has 3 aromatic rings. The maximum absolute atomic E-state index is 13.8. The molecule has 0 aliphatic heterocycles. The summed E-state index contributed by atoms with van der Waals surface area (Å²) >= 11 is 0. The van der Waals surface area contributed by atoms with E-state index in [1.54, 1.807) is 20.8 Å². The van der Waals surface area contributed by atoms with Crippen molar-refractivity contribution in [3.63, 3.8) is 0 Å². The molecule has 0 unspecified atom stereocenters. The number of benzene rings is 2. The van der Waals surface area contributed by atoms with E-state index in [0.29, 0.717) is 0 Å². The van der Waals surface area contributed by atoms with Crippen LogP contribution in [0.2, 0.25) is 0 Å². The molecule has 0 amide bonds. The summed E-state index contributed by atoms with van der Waals surface area (Å²) in [5.41, 5.74) is -2.22. The molecule has 7 heteroatoms. The van der Waals surface area contributed by atoms with Crippen molar-refractivity contribution in [1.29, 1.82) is 0 Å². The van der Waals surface area contributed by atoms with Crippen molar-refractivity contribution in [2.24, 2.45) is 0 Å². The number of halogens is 3. The summed E-state index contributed by atoms with van der Waals surface area (Å²) < 4.78 is 42.5. The number of hydrogen-bond donors (Lipinski definition) is 2. The van der Waals surface area contributed by atoms with Gasteiger partial charge in [0.25, 0.3) is 0 Å². The molecule has 1 heterocycles. The van der Waals surface area contributed by atoms with Crippen molar-refractivity contribution in [3.05, 3.63) is 63.9 Å². The predicted octanol–water partition coefficient (Wildman–Crippen LogP) is 4.72. The second kappa shape index (κ2) is 6.04. The third kappa shape index (κ3) is 3.25. The van der Waals surface area contributed by atoms with E-state index in [1.165, 1.54) is 24.4 Å². The molecule has 3 rings (SSSR count). The van der Waals surface area contributed by atoms with E-state index in [0.717, 1.165) is 22.8 Å². The van der Waals surface area contributed by atoms with Gasteiger partial charge in [0, 0.05) is 18.3 Å². The quantitative estimate of drug-likeness (QED) is 0.645. The maximum atomic E-state index is 13.8. The number of aromatic nitrogens is 1. The third-order valence-electron chi connectivity index (χ3n) is 4.39. The highest BCUT2D eigenvalue weighted by Gasteiger charge is 2.36. The maximum Gasteiger partial charge on any atom is 0.418 e. The Kier molecular flexibility index (Phi) is 4.21. The fourth-order valence-corrected chi connectivity index (χ4v) is 3.10. The lowest BCUT2D eigenvalue weighted by Gasteiger charge is -2.25. The van der Waals surface area contributed by atoms with Gasteiger partial charge < -0.3 is 14.8 Å². The molecule has 1 aromatic heterocycles. The molecule has 0 saturated carbocycles. The number of aromatic hydroxyl groups is 2. The van der Waals surface area contributed by atoms with Crippen LogP contribution in [0, 0.1) is 0 Å². The number of fused-ring (bicyclic) bond motifs is 1. The fraction of sp³-hybridized carbons (Fsp3) is 0.250. The van der Waals surface area contributed by atoms with Crippen molar-refractivity contribution in [3.8, 4) is 17.2 Å². The zero-order valence-electron chi connectivity index (χ0n) is 14.9. The molecule has 2 aromatic carbocycles. The van der Waals surface area contributed by atoms with E-state index in [-0.39, 0.29) is 33.7 Å². The third-order valence-corrected chi connectivity index (χ3v) is 4.39. The zero-order chi connectivity index (χ0) is 20.1. The highest BCUT2D eigenvalue weighted by atomic mass is 19.4. The molecule has 0 atom stereocenters. The van der Waals surface area contributed by atoms with Gasteiger partial charge >= 0.3 is 6.18 Å². The standard InChI is InChI=1S/C20H18F3NO3/c1-19(2,3)12-9-11(20(21,22)23)14(10-17(12)27)24-8-7-16(26)18-13(24)5-4-6-15(18)25/h4-10,25,27H,1-3H3. The van der Waals surface area contributed by atoms with Crippen LogP contribution in [-0.4, -0.2) is 14.8 Å². The fourth-order valence-electron chi connectivity index (χ4n) is 3.10. The van der Waals surface area contributed by atoms with E-state index in [9.17, 15) is 28.2 Å². The average molecular weight is 377 g/mol. The lowest BCUT2D eigenvalue weighted by atomic mass is 9.85. The minimum Gasteiger partial charge on any atom is -0.508 e. The number of phenols is 2. The molecule has 0 fully saturated rings. The van der Waals surface area contributed by atoms with Gasteiger partial charge in [-0.1, -0.05) is 26.8 Å². The van der Waals surface area contributed by atoms with Gasteiger partial charge in [0.05, 0.1) is 22.2 Å². The van der Waals surface area contributed by atoms with Crippen LogP contribution in [0.1, 0.15) is 31.9 Å². The average Bonchev–Trinajstić information content (AvgIpc) is 2.52. The van der Waals surface area contributed by atoms with Crippen LogP contribution in [-0.2, 0) is 11.6 Å². The van der Waals surface area contributed by atoms with Gasteiger partial charge in [-0.15, -0.1) is 0 Å². The van der Waals surface area contributed by atoms with Crippen LogP contribution in [0.3, 0.4) is 0 Å². The second-order valence-electron chi connectivity index (χ2n) is 7.36. The number of hydrogen-bond acceptors (Lipinski definition) is 3. The van der Waals surface area contributed by atoms with Crippen LogP contribution in [0.15, 0.2) is 47.4 Å². The molecule has 27 heavy (non-hydrogen) atoms. The lowest BCUT2D eigenvalue weighted by molar-refractivity contribution is -0.137. The Balaban J connectivity index is 2.44. The Labute approximate surface area is 153 Å². The number of nitrogens with zero attached hydrogens (tertiary/aromatic N) is 1. The first-order valence-corrected chi connectivity index (χ1v) is 8.19. The minimum absolute atomic E-state index is 0.0903. The molecule has 0 saturated heterocycles. The minimum atomic E-state index is -4.69. The summed E-state index contributed by atoms with van der Waals surface area (Å²) in [6, 6.07) is 7.21. The molecule has 0 bridgehead atoms. The van der Waals surface area contributed by atoms with Crippen LogP contribution in [0.5, 0.6) is 11.5 Å². The number of rotatable bonds is 1. The Morgan fingerprint density at radius 3 is 2.19 bits per heavy atom. The molecule has 0 aliphatic rings. The predicted molar refractivity (Wildman–Crippen MR) is 96.6 cm³/mol. The summed E-state index contributed by atoms with van der Waals surface area (Å²) in [6.07, 6.45) is -3.49. The molecule has 4 nitrogen and oxygen atoms in total. The van der Waals surface area contributed by atoms with Crippen molar-refractivity contribution >= 4 is 10.9 Å². The summed E-state index contributed by atoms with van der Waals surface area (Å²) in [7, 11) is 0. The summed E-state index contributed by atoms with van der Waals surface area (Å²) in [4.78, 5) is 12.1. The Bertz CT molecular complexity index is 1090. The molecule has 0 aliphatic carbocycles. The molecule has 0 spiro atoms. The Hall–Kier alpha value is -2.96. The van der Waals surface area contributed by atoms with Crippen molar-refractivity contribution < 1.29 is 23.4 Å². The van der Waals surface area contributed by atoms with Gasteiger partial charge in [0.2, 0.25) is 0 Å². The number of alkyl halides is 3. The second-order valence-corrected chi connectivity index (χ2v) is 7.36. The topological polar surface area (TPSA) is 62.5 Å². The summed E-state index contributed by atoms with van der Waals surface area (Å²) in [5.74, 6) is -0.603. The Morgan fingerprint density at radius 2 is 1.59 bits per heavy atom. The molecule has 142 valence electrons. The molecular weight excluding hydrogens is 359 g/mol. The van der Waals surface area contributed by atoms with Gasteiger partial charge in [-0.2, -0.15) is 13.2 Å². The van der Waals surface area contributed by atoms with E-state index in [1.807, 2.05) is 0 Å². The van der Waals surface area contributed by atoms with Crippen molar-refractivity contribution in [1.82, 2.24) is 4.57 Å². The van der Waals surface area contributed by atoms with Crippen LogP contribution >= 0.6 is 0 Å². The van der Waals surface area contributed by atoms with E-state index in [2.05, 4.69) is 0 Å². The summed E-state index contributed by atoms with van der Waals surface area (Å²) in [5, 5.41) is 20.3. The van der Waals surface area contributed by atoms with Crippen LogP contribution < -0.4 is 5.43 Å². The molecular formula is C20H18F3NO3. The normalized spacial score (nSPS) is 12.5. The van der Waals surface area contributed by atoms with Gasteiger partial charge in [-0.25, -0.2) is 0 Å². The SMILES string of the molecule is CC(C)(C)c1cc(C(F)(F)F)c(-n2ccc(=O)c3c(O)cccc32)cc1O. The highest BCUT2D eigenvalue weighted by molar-refractivity contribution is 5.86. The van der Waals surface area contributed by atoms with Gasteiger partial charge in [0.1, 0.15) is 11.5 Å². The van der Waals surface area contributed by atoms with Crippen molar-refractivity contribution in [2.45, 2.75) is 32.4 Å². The van der Waals surface area contributed by atoms with Crippen LogP contribution in [0.4, 0.5) is 13.2 Å². The first-order chi connectivity index (χ1) is 12.4. The monoisotopic (exact) mass is 377 g/mol. The number of pyridine rings is 1. The van der Waals surface area contributed by atoms with Crippen molar-refractivity contribution in [2.75, 3.05) is 0 Å². The highest BCUT2D eigenvalue weighted by Crippen LogP contribution is 2.41.